The van der Waals surface area contributed by atoms with Crippen molar-refractivity contribution >= 4 is 41.2 Å². The topological polar surface area (TPSA) is 91.8 Å². The van der Waals surface area contributed by atoms with Gasteiger partial charge in [-0.2, -0.15) is 15.0 Å². The lowest BCUT2D eigenvalue weighted by Crippen LogP contribution is -2.07. The van der Waals surface area contributed by atoms with E-state index >= 15 is 0 Å². The van der Waals surface area contributed by atoms with Crippen LogP contribution < -0.4 is 16.0 Å². The van der Waals surface area contributed by atoms with E-state index in [1.807, 2.05) is 68.4 Å². The Bertz CT molecular complexity index is 1160. The number of carbonyl (C=O) groups excluding carboxylic acids is 1. The molecule has 4 aromatic rings. The molecule has 7 nitrogen and oxygen atoms in total. The van der Waals surface area contributed by atoms with E-state index in [9.17, 15) is 4.79 Å². The van der Waals surface area contributed by atoms with Crippen LogP contribution in [0.5, 0.6) is 0 Å². The molecule has 0 radical (unpaired) electrons. The van der Waals surface area contributed by atoms with Gasteiger partial charge in [-0.1, -0.05) is 36.4 Å². The van der Waals surface area contributed by atoms with Crippen LogP contribution in [0.2, 0.25) is 0 Å². The molecule has 0 saturated carbocycles. The standard InChI is InChI=1S/C24H22N6O/c1-16-6-3-9-19(12-16)25-22-28-23(26-20-10-4-7-17(2)13-20)30-24(29-22)27-21-11-5-8-18(14-21)15-31/h3-15H,1-2H3,(H3,25,26,27,28,29,30). The second-order valence-electron chi connectivity index (χ2n) is 7.16. The first-order chi connectivity index (χ1) is 15.1. The Morgan fingerprint density at radius 1 is 0.613 bits per heavy atom. The summed E-state index contributed by atoms with van der Waals surface area (Å²) in [6.07, 6.45) is 0.800. The minimum atomic E-state index is 0.350. The lowest BCUT2D eigenvalue weighted by atomic mass is 10.2. The molecule has 0 atom stereocenters. The molecule has 0 saturated heterocycles. The van der Waals surface area contributed by atoms with Crippen LogP contribution in [0.25, 0.3) is 0 Å². The zero-order chi connectivity index (χ0) is 21.6. The van der Waals surface area contributed by atoms with E-state index in [0.717, 1.165) is 28.8 Å². The summed E-state index contributed by atoms with van der Waals surface area (Å²) < 4.78 is 0. The highest BCUT2D eigenvalue weighted by Gasteiger charge is 2.09. The number of rotatable bonds is 7. The number of anilines is 6. The normalized spacial score (nSPS) is 10.4. The summed E-state index contributed by atoms with van der Waals surface area (Å²) in [5.74, 6) is 1.14. The number of nitrogens with one attached hydrogen (secondary N) is 3. The number of hydrogen-bond donors (Lipinski definition) is 3. The molecule has 3 aromatic carbocycles. The number of benzene rings is 3. The number of carbonyl (C=O) groups is 1. The molecule has 0 aliphatic carbocycles. The van der Waals surface area contributed by atoms with Crippen molar-refractivity contribution in [2.24, 2.45) is 0 Å². The van der Waals surface area contributed by atoms with Crippen molar-refractivity contribution in [3.63, 3.8) is 0 Å². The van der Waals surface area contributed by atoms with Crippen molar-refractivity contribution in [3.05, 3.63) is 89.5 Å². The minimum absolute atomic E-state index is 0.350. The zero-order valence-corrected chi connectivity index (χ0v) is 17.3. The smallest absolute Gasteiger partial charge is 0.233 e. The summed E-state index contributed by atoms with van der Waals surface area (Å²) in [4.78, 5) is 24.6. The Balaban J connectivity index is 1.67. The fraction of sp³-hybridized carbons (Fsp3) is 0.0833. The number of hydrogen-bond acceptors (Lipinski definition) is 7. The van der Waals surface area contributed by atoms with Gasteiger partial charge in [-0.3, -0.25) is 4.79 Å². The summed E-state index contributed by atoms with van der Waals surface area (Å²) in [7, 11) is 0. The van der Waals surface area contributed by atoms with Gasteiger partial charge in [0.1, 0.15) is 6.29 Å². The van der Waals surface area contributed by atoms with E-state index in [2.05, 4.69) is 30.9 Å². The molecule has 0 bridgehead atoms. The monoisotopic (exact) mass is 410 g/mol. The lowest BCUT2D eigenvalue weighted by Gasteiger charge is -2.12. The Morgan fingerprint density at radius 3 is 1.45 bits per heavy atom. The van der Waals surface area contributed by atoms with Crippen LogP contribution in [0, 0.1) is 13.8 Å². The Labute approximate surface area is 180 Å². The van der Waals surface area contributed by atoms with Crippen LogP contribution in [0.4, 0.5) is 34.9 Å². The summed E-state index contributed by atoms with van der Waals surface area (Å²) in [5, 5.41) is 9.62. The summed E-state index contributed by atoms with van der Waals surface area (Å²) in [6, 6.07) is 23.0. The quantitative estimate of drug-likeness (QED) is 0.345. The molecule has 4 rings (SSSR count). The van der Waals surface area contributed by atoms with Crippen LogP contribution in [-0.4, -0.2) is 21.2 Å². The van der Waals surface area contributed by atoms with Gasteiger partial charge in [-0.05, 0) is 61.4 Å². The summed E-state index contributed by atoms with van der Waals surface area (Å²) in [6.45, 7) is 4.05. The predicted molar refractivity (Wildman–Crippen MR) is 124 cm³/mol. The van der Waals surface area contributed by atoms with Gasteiger partial charge in [0.15, 0.2) is 0 Å². The van der Waals surface area contributed by atoms with Crippen molar-refractivity contribution in [1.82, 2.24) is 15.0 Å². The van der Waals surface area contributed by atoms with Crippen molar-refractivity contribution in [3.8, 4) is 0 Å². The molecule has 0 aliphatic heterocycles. The SMILES string of the molecule is Cc1cccc(Nc2nc(Nc3cccc(C)c3)nc(Nc3cccc(C=O)c3)n2)c1. The average molecular weight is 410 g/mol. The highest BCUT2D eigenvalue weighted by molar-refractivity contribution is 5.77. The molecule has 0 spiro atoms. The molecule has 0 aliphatic rings. The van der Waals surface area contributed by atoms with E-state index in [0.29, 0.717) is 29.1 Å². The van der Waals surface area contributed by atoms with E-state index < -0.39 is 0 Å². The van der Waals surface area contributed by atoms with E-state index in [4.69, 9.17) is 0 Å². The highest BCUT2D eigenvalue weighted by atomic mass is 16.1. The number of nitrogens with zero attached hydrogens (tertiary/aromatic N) is 3. The second-order valence-corrected chi connectivity index (χ2v) is 7.16. The van der Waals surface area contributed by atoms with Crippen LogP contribution in [0.1, 0.15) is 21.5 Å². The van der Waals surface area contributed by atoms with E-state index in [1.54, 1.807) is 18.2 Å². The van der Waals surface area contributed by atoms with Gasteiger partial charge >= 0.3 is 0 Å². The fourth-order valence-electron chi connectivity index (χ4n) is 3.07. The third-order valence-corrected chi connectivity index (χ3v) is 4.46. The van der Waals surface area contributed by atoms with E-state index in [-0.39, 0.29) is 0 Å². The van der Waals surface area contributed by atoms with Gasteiger partial charge in [0, 0.05) is 22.6 Å². The molecule has 154 valence electrons. The first kappa shape index (κ1) is 20.0. The van der Waals surface area contributed by atoms with Crippen molar-refractivity contribution in [2.45, 2.75) is 13.8 Å². The maximum Gasteiger partial charge on any atom is 0.233 e. The first-order valence-corrected chi connectivity index (χ1v) is 9.83. The third-order valence-electron chi connectivity index (χ3n) is 4.46. The maximum absolute atomic E-state index is 11.1. The van der Waals surface area contributed by atoms with Crippen LogP contribution in [0.15, 0.2) is 72.8 Å². The third kappa shape index (κ3) is 5.42. The summed E-state index contributed by atoms with van der Waals surface area (Å²) >= 11 is 0. The Kier molecular flexibility index (Phi) is 5.84. The number of aryl methyl sites for hydroxylation is 2. The highest BCUT2D eigenvalue weighted by Crippen LogP contribution is 2.22. The molecule has 7 heteroatoms. The number of aromatic nitrogens is 3. The molecule has 0 unspecified atom stereocenters. The molecule has 1 aromatic heterocycles. The predicted octanol–water partition coefficient (Wildman–Crippen LogP) is 5.53. The summed E-state index contributed by atoms with van der Waals surface area (Å²) in [5.41, 5.74) is 5.28. The second kappa shape index (κ2) is 9.04. The lowest BCUT2D eigenvalue weighted by molar-refractivity contribution is 0.112. The Morgan fingerprint density at radius 2 is 1.03 bits per heavy atom. The van der Waals surface area contributed by atoms with Crippen molar-refractivity contribution < 1.29 is 4.79 Å². The average Bonchev–Trinajstić information content (AvgIpc) is 2.74. The molecule has 3 N–H and O–H groups in total. The largest absolute Gasteiger partial charge is 0.324 e. The minimum Gasteiger partial charge on any atom is -0.324 e. The van der Waals surface area contributed by atoms with Gasteiger partial charge in [0.25, 0.3) is 0 Å². The Hall–Kier alpha value is -4.26. The molecule has 1 heterocycles. The zero-order valence-electron chi connectivity index (χ0n) is 17.3. The molecule has 31 heavy (non-hydrogen) atoms. The van der Waals surface area contributed by atoms with Gasteiger partial charge in [0.2, 0.25) is 17.8 Å². The molecule has 0 fully saturated rings. The maximum atomic E-state index is 11.1. The van der Waals surface area contributed by atoms with Crippen LogP contribution in [0.3, 0.4) is 0 Å². The van der Waals surface area contributed by atoms with Crippen molar-refractivity contribution in [2.75, 3.05) is 16.0 Å². The molecular formula is C24H22N6O. The van der Waals surface area contributed by atoms with Gasteiger partial charge < -0.3 is 16.0 Å². The van der Waals surface area contributed by atoms with Gasteiger partial charge in [0.05, 0.1) is 0 Å². The van der Waals surface area contributed by atoms with Gasteiger partial charge in [-0.25, -0.2) is 0 Å². The van der Waals surface area contributed by atoms with Crippen LogP contribution in [-0.2, 0) is 0 Å². The number of aldehydes is 1. The van der Waals surface area contributed by atoms with Crippen molar-refractivity contribution in [1.29, 1.82) is 0 Å². The fourth-order valence-corrected chi connectivity index (χ4v) is 3.07. The molecule has 0 amide bonds. The van der Waals surface area contributed by atoms with Crippen LogP contribution >= 0.6 is 0 Å². The van der Waals surface area contributed by atoms with Gasteiger partial charge in [-0.15, -0.1) is 0 Å². The van der Waals surface area contributed by atoms with E-state index in [1.165, 1.54) is 0 Å². The first-order valence-electron chi connectivity index (χ1n) is 9.83. The molecular weight excluding hydrogens is 388 g/mol.